The number of amides is 1. The highest BCUT2D eigenvalue weighted by atomic mass is 16.4. The van der Waals surface area contributed by atoms with Crippen LogP contribution in [0.3, 0.4) is 0 Å². The topological polar surface area (TPSA) is 69.6 Å². The summed E-state index contributed by atoms with van der Waals surface area (Å²) in [5.41, 5.74) is 0. The Morgan fingerprint density at radius 1 is 1.21 bits per heavy atom. The molecule has 0 spiro atoms. The number of nitrogens with one attached hydrogen (secondary N) is 1. The Morgan fingerprint density at radius 2 is 1.84 bits per heavy atom. The third-order valence-corrected chi connectivity index (χ3v) is 4.38. The highest BCUT2D eigenvalue weighted by Gasteiger charge is 2.40. The minimum atomic E-state index is -0.830. The zero-order valence-electron chi connectivity index (χ0n) is 11.6. The molecule has 1 heterocycles. The van der Waals surface area contributed by atoms with Crippen molar-refractivity contribution in [3.63, 3.8) is 0 Å². The first kappa shape index (κ1) is 14.3. The standard InChI is InChI=1S/C14H24N2O3/c1-10-8-11(12(9-10)14(18)19)13(17)15-4-7-16-5-2-3-6-16/h10-12H,2-9H2,1H3,(H,15,17)(H,18,19)/t10?,11-,12+/m0/s1. The molecule has 108 valence electrons. The van der Waals surface area contributed by atoms with E-state index >= 15 is 0 Å². The van der Waals surface area contributed by atoms with Crippen LogP contribution in [0.2, 0.25) is 0 Å². The lowest BCUT2D eigenvalue weighted by Crippen LogP contribution is -2.39. The lowest BCUT2D eigenvalue weighted by Gasteiger charge is -2.18. The second-order valence-corrected chi connectivity index (χ2v) is 5.97. The molecule has 0 aromatic rings. The lowest BCUT2D eigenvalue weighted by atomic mass is 9.95. The molecule has 5 nitrogen and oxygen atoms in total. The molecule has 2 fully saturated rings. The van der Waals surface area contributed by atoms with Crippen molar-refractivity contribution in [2.75, 3.05) is 26.2 Å². The minimum Gasteiger partial charge on any atom is -0.481 e. The van der Waals surface area contributed by atoms with Crippen LogP contribution < -0.4 is 5.32 Å². The summed E-state index contributed by atoms with van der Waals surface area (Å²) in [4.78, 5) is 25.6. The highest BCUT2D eigenvalue weighted by Crippen LogP contribution is 2.36. The van der Waals surface area contributed by atoms with E-state index in [1.165, 1.54) is 12.8 Å². The van der Waals surface area contributed by atoms with E-state index in [2.05, 4.69) is 10.2 Å². The van der Waals surface area contributed by atoms with Gasteiger partial charge in [0.2, 0.25) is 5.91 Å². The van der Waals surface area contributed by atoms with Crippen molar-refractivity contribution in [3.8, 4) is 0 Å². The van der Waals surface area contributed by atoms with Crippen molar-refractivity contribution in [3.05, 3.63) is 0 Å². The number of nitrogens with zero attached hydrogens (tertiary/aromatic N) is 1. The molecule has 0 aromatic heterocycles. The number of aliphatic carboxylic acids is 1. The van der Waals surface area contributed by atoms with Gasteiger partial charge in [0, 0.05) is 13.1 Å². The van der Waals surface area contributed by atoms with E-state index in [0.29, 0.717) is 25.3 Å². The molecule has 0 bridgehead atoms. The number of carbonyl (C=O) groups is 2. The molecule has 1 saturated carbocycles. The molecular weight excluding hydrogens is 244 g/mol. The number of carboxylic acids is 1. The van der Waals surface area contributed by atoms with Crippen molar-refractivity contribution < 1.29 is 14.7 Å². The van der Waals surface area contributed by atoms with Gasteiger partial charge in [-0.25, -0.2) is 0 Å². The average Bonchev–Trinajstić information content (AvgIpc) is 2.98. The van der Waals surface area contributed by atoms with Gasteiger partial charge in [-0.2, -0.15) is 0 Å². The van der Waals surface area contributed by atoms with E-state index in [0.717, 1.165) is 19.6 Å². The van der Waals surface area contributed by atoms with Crippen LogP contribution in [0, 0.1) is 17.8 Å². The fourth-order valence-corrected chi connectivity index (χ4v) is 3.33. The van der Waals surface area contributed by atoms with Gasteiger partial charge in [0.1, 0.15) is 0 Å². The third kappa shape index (κ3) is 3.69. The fraction of sp³-hybridized carbons (Fsp3) is 0.857. The number of carboxylic acid groups (broad SMARTS) is 1. The zero-order valence-corrected chi connectivity index (χ0v) is 11.6. The molecule has 2 N–H and O–H groups in total. The number of hydrogen-bond donors (Lipinski definition) is 2. The molecule has 1 aliphatic carbocycles. The van der Waals surface area contributed by atoms with Crippen LogP contribution in [0.4, 0.5) is 0 Å². The van der Waals surface area contributed by atoms with E-state index in [4.69, 9.17) is 5.11 Å². The quantitative estimate of drug-likeness (QED) is 0.779. The van der Waals surface area contributed by atoms with E-state index in [1.807, 2.05) is 6.92 Å². The summed E-state index contributed by atoms with van der Waals surface area (Å²) in [6.07, 6.45) is 3.82. The van der Waals surface area contributed by atoms with Gasteiger partial charge in [-0.3, -0.25) is 9.59 Å². The predicted octanol–water partition coefficient (Wildman–Crippen LogP) is 0.945. The Hall–Kier alpha value is -1.10. The summed E-state index contributed by atoms with van der Waals surface area (Å²) in [6, 6.07) is 0. The molecule has 0 aromatic carbocycles. The molecule has 5 heteroatoms. The largest absolute Gasteiger partial charge is 0.481 e. The molecule has 0 radical (unpaired) electrons. The monoisotopic (exact) mass is 268 g/mol. The first-order valence-electron chi connectivity index (χ1n) is 7.31. The Balaban J connectivity index is 1.76. The number of rotatable bonds is 5. The first-order valence-corrected chi connectivity index (χ1v) is 7.31. The number of hydrogen-bond acceptors (Lipinski definition) is 3. The van der Waals surface area contributed by atoms with Crippen LogP contribution in [-0.4, -0.2) is 48.1 Å². The Bertz CT molecular complexity index is 340. The molecule has 1 saturated heterocycles. The fourth-order valence-electron chi connectivity index (χ4n) is 3.33. The lowest BCUT2D eigenvalue weighted by molar-refractivity contribution is -0.146. The SMILES string of the molecule is CC1C[C@H](C(=O)NCCN2CCCC2)[C@H](C(=O)O)C1. The van der Waals surface area contributed by atoms with Crippen molar-refractivity contribution in [2.45, 2.75) is 32.6 Å². The van der Waals surface area contributed by atoms with Gasteiger partial charge in [-0.15, -0.1) is 0 Å². The average molecular weight is 268 g/mol. The smallest absolute Gasteiger partial charge is 0.307 e. The van der Waals surface area contributed by atoms with Gasteiger partial charge < -0.3 is 15.3 Å². The number of likely N-dealkylation sites (tertiary alicyclic amines) is 1. The molecule has 1 aliphatic heterocycles. The summed E-state index contributed by atoms with van der Waals surface area (Å²) >= 11 is 0. The van der Waals surface area contributed by atoms with Crippen molar-refractivity contribution in [1.29, 1.82) is 0 Å². The molecular formula is C14H24N2O3. The van der Waals surface area contributed by atoms with Crippen LogP contribution in [0.15, 0.2) is 0 Å². The maximum atomic E-state index is 12.1. The molecule has 1 amide bonds. The molecule has 3 atom stereocenters. The van der Waals surface area contributed by atoms with E-state index in [-0.39, 0.29) is 11.8 Å². The Morgan fingerprint density at radius 3 is 2.47 bits per heavy atom. The second-order valence-electron chi connectivity index (χ2n) is 5.97. The maximum Gasteiger partial charge on any atom is 0.307 e. The predicted molar refractivity (Wildman–Crippen MR) is 71.7 cm³/mol. The minimum absolute atomic E-state index is 0.0732. The zero-order chi connectivity index (χ0) is 13.8. The highest BCUT2D eigenvalue weighted by molar-refractivity contribution is 5.85. The normalized spacial score (nSPS) is 31.5. The van der Waals surface area contributed by atoms with Crippen LogP contribution in [-0.2, 0) is 9.59 Å². The third-order valence-electron chi connectivity index (χ3n) is 4.38. The molecule has 2 rings (SSSR count). The van der Waals surface area contributed by atoms with E-state index in [1.54, 1.807) is 0 Å². The second kappa shape index (κ2) is 6.37. The van der Waals surface area contributed by atoms with Crippen molar-refractivity contribution >= 4 is 11.9 Å². The van der Waals surface area contributed by atoms with Gasteiger partial charge in [-0.1, -0.05) is 6.92 Å². The summed E-state index contributed by atoms with van der Waals surface area (Å²) in [5, 5.41) is 12.1. The van der Waals surface area contributed by atoms with Crippen LogP contribution in [0.1, 0.15) is 32.6 Å². The van der Waals surface area contributed by atoms with Crippen molar-refractivity contribution in [1.82, 2.24) is 10.2 Å². The summed E-state index contributed by atoms with van der Waals surface area (Å²) in [5.74, 6) is -1.41. The molecule has 2 aliphatic rings. The van der Waals surface area contributed by atoms with Crippen molar-refractivity contribution in [2.24, 2.45) is 17.8 Å². The van der Waals surface area contributed by atoms with Gasteiger partial charge in [0.05, 0.1) is 11.8 Å². The van der Waals surface area contributed by atoms with Gasteiger partial charge in [-0.05, 0) is 44.7 Å². The maximum absolute atomic E-state index is 12.1. The summed E-state index contributed by atoms with van der Waals surface area (Å²) in [6.45, 7) is 5.78. The molecule has 19 heavy (non-hydrogen) atoms. The van der Waals surface area contributed by atoms with E-state index < -0.39 is 11.9 Å². The Labute approximate surface area is 114 Å². The van der Waals surface area contributed by atoms with Gasteiger partial charge >= 0.3 is 5.97 Å². The van der Waals surface area contributed by atoms with Crippen LogP contribution in [0.25, 0.3) is 0 Å². The first-order chi connectivity index (χ1) is 9.08. The van der Waals surface area contributed by atoms with E-state index in [9.17, 15) is 9.59 Å². The van der Waals surface area contributed by atoms with Gasteiger partial charge in [0.15, 0.2) is 0 Å². The molecule has 1 unspecified atom stereocenters. The number of carbonyl (C=O) groups excluding carboxylic acids is 1. The van der Waals surface area contributed by atoms with Crippen LogP contribution >= 0.6 is 0 Å². The van der Waals surface area contributed by atoms with Gasteiger partial charge in [0.25, 0.3) is 0 Å². The van der Waals surface area contributed by atoms with Crippen LogP contribution in [0.5, 0.6) is 0 Å². The summed E-state index contributed by atoms with van der Waals surface area (Å²) in [7, 11) is 0. The summed E-state index contributed by atoms with van der Waals surface area (Å²) < 4.78 is 0. The Kier molecular flexibility index (Phi) is 4.80.